The predicted octanol–water partition coefficient (Wildman–Crippen LogP) is 4.93. The molecule has 4 aromatic rings. The molecule has 2 amide bonds. The normalized spacial score (nSPS) is 15.2. The molecule has 0 radical (unpaired) electrons. The molecular weight excluding hydrogens is 456 g/mol. The molecule has 35 heavy (non-hydrogen) atoms. The Kier molecular flexibility index (Phi) is 6.86. The second-order valence-corrected chi connectivity index (χ2v) is 9.85. The van der Waals surface area contributed by atoms with Gasteiger partial charge >= 0.3 is 0 Å². The quantitative estimate of drug-likeness (QED) is 0.389. The van der Waals surface area contributed by atoms with Gasteiger partial charge in [-0.25, -0.2) is 0 Å². The van der Waals surface area contributed by atoms with Gasteiger partial charge < -0.3 is 9.80 Å². The maximum atomic E-state index is 13.2. The van der Waals surface area contributed by atoms with Gasteiger partial charge in [-0.05, 0) is 60.4 Å². The van der Waals surface area contributed by atoms with Gasteiger partial charge in [0.25, 0.3) is 11.8 Å². The number of thiophene rings is 1. The molecule has 2 aromatic heterocycles. The monoisotopic (exact) mass is 484 g/mol. The van der Waals surface area contributed by atoms with Crippen molar-refractivity contribution in [3.63, 3.8) is 0 Å². The molecule has 6 nitrogen and oxygen atoms in total. The third-order valence-corrected chi connectivity index (χ3v) is 7.64. The number of hydrogen-bond donors (Lipinski definition) is 0. The van der Waals surface area contributed by atoms with Gasteiger partial charge in [-0.1, -0.05) is 30.3 Å². The Morgan fingerprint density at radius 1 is 1.00 bits per heavy atom. The van der Waals surface area contributed by atoms with Crippen LogP contribution in [0.3, 0.4) is 0 Å². The Balaban J connectivity index is 1.30. The molecule has 0 N–H and O–H groups in total. The standard InChI is InChI=1S/C28H28N4O2S/c1-31(27(33)23-11-16-35-19-23)26(17-20-5-3-2-4-6-20)21-9-14-32(15-10-21)28(34)22-7-8-24-25(18-22)30-13-12-29-24/h2-8,11-13,16,18-19,21,26H,9-10,14-15,17H2,1H3. The van der Waals surface area contributed by atoms with Crippen LogP contribution in [0.15, 0.2) is 77.8 Å². The van der Waals surface area contributed by atoms with Gasteiger partial charge in [0.2, 0.25) is 0 Å². The highest BCUT2D eigenvalue weighted by Gasteiger charge is 2.33. The summed E-state index contributed by atoms with van der Waals surface area (Å²) < 4.78 is 0. The Morgan fingerprint density at radius 2 is 1.74 bits per heavy atom. The van der Waals surface area contributed by atoms with Crippen LogP contribution in [0.25, 0.3) is 11.0 Å². The molecule has 5 rings (SSSR count). The zero-order valence-corrected chi connectivity index (χ0v) is 20.5. The van der Waals surface area contributed by atoms with Crippen LogP contribution in [0.1, 0.15) is 39.1 Å². The highest BCUT2D eigenvalue weighted by molar-refractivity contribution is 7.08. The summed E-state index contributed by atoms with van der Waals surface area (Å²) in [5, 5.41) is 3.85. The molecule has 1 atom stereocenters. The smallest absolute Gasteiger partial charge is 0.254 e. The Bertz CT molecular complexity index is 1300. The number of nitrogens with zero attached hydrogens (tertiary/aromatic N) is 4. The zero-order valence-electron chi connectivity index (χ0n) is 19.7. The summed E-state index contributed by atoms with van der Waals surface area (Å²) >= 11 is 1.54. The van der Waals surface area contributed by atoms with Crippen LogP contribution >= 0.6 is 11.3 Å². The molecule has 0 spiro atoms. The highest BCUT2D eigenvalue weighted by Crippen LogP contribution is 2.28. The SMILES string of the molecule is CN(C(=O)c1ccsc1)C(Cc1ccccc1)C1CCN(C(=O)c2ccc3nccnc3c2)CC1. The van der Waals surface area contributed by atoms with Crippen molar-refractivity contribution < 1.29 is 9.59 Å². The van der Waals surface area contributed by atoms with E-state index in [1.807, 2.05) is 70.1 Å². The average molecular weight is 485 g/mol. The lowest BCUT2D eigenvalue weighted by atomic mass is 9.84. The fraction of sp³-hybridized carbons (Fsp3) is 0.286. The van der Waals surface area contributed by atoms with Crippen molar-refractivity contribution in [2.24, 2.45) is 5.92 Å². The summed E-state index contributed by atoms with van der Waals surface area (Å²) in [7, 11) is 1.92. The number of aromatic nitrogens is 2. The lowest BCUT2D eigenvalue weighted by molar-refractivity contribution is 0.0523. The van der Waals surface area contributed by atoms with Gasteiger partial charge in [0, 0.05) is 49.5 Å². The largest absolute Gasteiger partial charge is 0.339 e. The molecule has 0 aliphatic carbocycles. The summed E-state index contributed by atoms with van der Waals surface area (Å²) in [6, 6.07) is 17.8. The van der Waals surface area contributed by atoms with E-state index in [4.69, 9.17) is 0 Å². The van der Waals surface area contributed by atoms with E-state index in [2.05, 4.69) is 22.1 Å². The van der Waals surface area contributed by atoms with Crippen LogP contribution in [-0.4, -0.2) is 57.8 Å². The zero-order chi connectivity index (χ0) is 24.2. The second kappa shape index (κ2) is 10.4. The van der Waals surface area contributed by atoms with Crippen molar-refractivity contribution in [2.75, 3.05) is 20.1 Å². The number of rotatable bonds is 6. The topological polar surface area (TPSA) is 66.4 Å². The number of likely N-dealkylation sites (N-methyl/N-ethyl adjacent to an activating group) is 1. The van der Waals surface area contributed by atoms with Crippen molar-refractivity contribution in [3.05, 3.63) is 94.4 Å². The summed E-state index contributed by atoms with van der Waals surface area (Å²) in [6.45, 7) is 1.35. The summed E-state index contributed by atoms with van der Waals surface area (Å²) in [5.74, 6) is 0.399. The van der Waals surface area contributed by atoms with E-state index in [-0.39, 0.29) is 17.9 Å². The number of carbonyl (C=O) groups excluding carboxylic acids is 2. The molecule has 1 saturated heterocycles. The summed E-state index contributed by atoms with van der Waals surface area (Å²) in [4.78, 5) is 38.9. The Labute approximate surface area is 209 Å². The van der Waals surface area contributed by atoms with E-state index >= 15 is 0 Å². The van der Waals surface area contributed by atoms with Gasteiger partial charge in [0.05, 0.1) is 16.6 Å². The van der Waals surface area contributed by atoms with Crippen molar-refractivity contribution in [1.82, 2.24) is 19.8 Å². The second-order valence-electron chi connectivity index (χ2n) is 9.07. The van der Waals surface area contributed by atoms with Gasteiger partial charge in [0.15, 0.2) is 0 Å². The third kappa shape index (κ3) is 5.10. The Hall–Kier alpha value is -3.58. The number of benzene rings is 2. The van der Waals surface area contributed by atoms with E-state index in [0.717, 1.165) is 35.9 Å². The molecule has 1 aliphatic heterocycles. The molecule has 178 valence electrons. The van der Waals surface area contributed by atoms with E-state index in [1.165, 1.54) is 16.9 Å². The minimum absolute atomic E-state index is 0.0262. The molecule has 0 bridgehead atoms. The van der Waals surface area contributed by atoms with E-state index in [0.29, 0.717) is 24.6 Å². The van der Waals surface area contributed by atoms with E-state index in [9.17, 15) is 9.59 Å². The van der Waals surface area contributed by atoms with Gasteiger partial charge in [-0.3, -0.25) is 19.6 Å². The summed E-state index contributed by atoms with van der Waals surface area (Å²) in [5.41, 5.74) is 4.11. The number of piperidine rings is 1. The van der Waals surface area contributed by atoms with Crippen LogP contribution in [0.5, 0.6) is 0 Å². The van der Waals surface area contributed by atoms with E-state index in [1.54, 1.807) is 12.4 Å². The van der Waals surface area contributed by atoms with Crippen LogP contribution in [0.2, 0.25) is 0 Å². The fourth-order valence-corrected chi connectivity index (χ4v) is 5.61. The lowest BCUT2D eigenvalue weighted by Gasteiger charge is -2.40. The molecule has 2 aromatic carbocycles. The van der Waals surface area contributed by atoms with Crippen molar-refractivity contribution in [2.45, 2.75) is 25.3 Å². The first-order valence-electron chi connectivity index (χ1n) is 11.9. The third-order valence-electron chi connectivity index (χ3n) is 6.96. The average Bonchev–Trinajstić information content (AvgIpc) is 3.46. The number of amides is 2. The number of carbonyl (C=O) groups is 2. The van der Waals surface area contributed by atoms with Gasteiger partial charge in [-0.2, -0.15) is 11.3 Å². The van der Waals surface area contributed by atoms with Gasteiger partial charge in [-0.15, -0.1) is 0 Å². The van der Waals surface area contributed by atoms with Crippen molar-refractivity contribution >= 4 is 34.2 Å². The molecule has 0 saturated carbocycles. The molecule has 3 heterocycles. The minimum atomic E-state index is 0.0262. The molecule has 1 unspecified atom stereocenters. The number of likely N-dealkylation sites (tertiary alicyclic amines) is 1. The van der Waals surface area contributed by atoms with Crippen LogP contribution < -0.4 is 0 Å². The first kappa shape index (κ1) is 23.2. The molecule has 1 fully saturated rings. The van der Waals surface area contributed by atoms with Crippen LogP contribution in [0, 0.1) is 5.92 Å². The number of hydrogen-bond acceptors (Lipinski definition) is 5. The van der Waals surface area contributed by atoms with Crippen molar-refractivity contribution in [3.8, 4) is 0 Å². The molecule has 1 aliphatic rings. The first-order chi connectivity index (χ1) is 17.1. The molecular formula is C28H28N4O2S. The predicted molar refractivity (Wildman–Crippen MR) is 139 cm³/mol. The molecule has 7 heteroatoms. The maximum absolute atomic E-state index is 13.2. The van der Waals surface area contributed by atoms with Crippen LogP contribution in [-0.2, 0) is 6.42 Å². The highest BCUT2D eigenvalue weighted by atomic mass is 32.1. The minimum Gasteiger partial charge on any atom is -0.339 e. The van der Waals surface area contributed by atoms with Crippen LogP contribution in [0.4, 0.5) is 0 Å². The van der Waals surface area contributed by atoms with E-state index < -0.39 is 0 Å². The number of fused-ring (bicyclic) bond motifs is 1. The van der Waals surface area contributed by atoms with Crippen molar-refractivity contribution in [1.29, 1.82) is 0 Å². The maximum Gasteiger partial charge on any atom is 0.254 e. The summed E-state index contributed by atoms with van der Waals surface area (Å²) in [6.07, 6.45) is 5.81. The fourth-order valence-electron chi connectivity index (χ4n) is 4.98. The Morgan fingerprint density at radius 3 is 2.46 bits per heavy atom. The van der Waals surface area contributed by atoms with Gasteiger partial charge in [0.1, 0.15) is 0 Å². The first-order valence-corrected chi connectivity index (χ1v) is 12.9. The lowest BCUT2D eigenvalue weighted by Crippen LogP contribution is -2.48.